The molecule has 0 aromatic rings. The third-order valence-electron chi connectivity index (χ3n) is 2.97. The highest BCUT2D eigenvalue weighted by Crippen LogP contribution is 2.10. The highest BCUT2D eigenvalue weighted by atomic mass is 16.3. The standard InChI is InChI=1S/C11H24N2O/c1-3-13-7-4-5-11(6-8-13)12-9-10(2)14/h10-12,14H,3-9H2,1-2H3. The minimum atomic E-state index is -0.222. The molecule has 0 aliphatic carbocycles. The summed E-state index contributed by atoms with van der Waals surface area (Å²) in [5, 5.41) is 12.6. The second-order valence-corrected chi connectivity index (χ2v) is 4.32. The number of aliphatic hydroxyl groups is 1. The number of aliphatic hydroxyl groups excluding tert-OH is 1. The van der Waals surface area contributed by atoms with Gasteiger partial charge >= 0.3 is 0 Å². The molecule has 0 aromatic carbocycles. The molecule has 2 unspecified atom stereocenters. The van der Waals surface area contributed by atoms with Crippen molar-refractivity contribution < 1.29 is 5.11 Å². The van der Waals surface area contributed by atoms with Crippen LogP contribution in [0.15, 0.2) is 0 Å². The van der Waals surface area contributed by atoms with E-state index in [2.05, 4.69) is 17.1 Å². The van der Waals surface area contributed by atoms with Crippen LogP contribution in [0, 0.1) is 0 Å². The molecule has 0 saturated carbocycles. The first kappa shape index (κ1) is 12.0. The Morgan fingerprint density at radius 2 is 2.21 bits per heavy atom. The molecule has 0 radical (unpaired) electrons. The highest BCUT2D eigenvalue weighted by molar-refractivity contribution is 4.74. The van der Waals surface area contributed by atoms with Gasteiger partial charge in [-0.15, -0.1) is 0 Å². The van der Waals surface area contributed by atoms with E-state index in [0.717, 1.165) is 6.54 Å². The molecule has 2 atom stereocenters. The zero-order valence-electron chi connectivity index (χ0n) is 9.50. The van der Waals surface area contributed by atoms with Gasteiger partial charge in [0, 0.05) is 12.6 Å². The Labute approximate surface area is 87.5 Å². The van der Waals surface area contributed by atoms with Crippen molar-refractivity contribution in [2.45, 2.75) is 45.3 Å². The maximum atomic E-state index is 9.18. The molecule has 1 aliphatic rings. The molecule has 3 heteroatoms. The molecule has 1 saturated heterocycles. The molecule has 2 N–H and O–H groups in total. The lowest BCUT2D eigenvalue weighted by Crippen LogP contribution is -2.35. The van der Waals surface area contributed by atoms with Gasteiger partial charge in [-0.3, -0.25) is 0 Å². The van der Waals surface area contributed by atoms with Gasteiger partial charge in [0.25, 0.3) is 0 Å². The molecule has 14 heavy (non-hydrogen) atoms. The van der Waals surface area contributed by atoms with Crippen molar-refractivity contribution in [1.82, 2.24) is 10.2 Å². The van der Waals surface area contributed by atoms with Crippen LogP contribution in [0.3, 0.4) is 0 Å². The summed E-state index contributed by atoms with van der Waals surface area (Å²) in [7, 11) is 0. The first-order valence-electron chi connectivity index (χ1n) is 5.86. The lowest BCUT2D eigenvalue weighted by atomic mass is 10.1. The van der Waals surface area contributed by atoms with Crippen molar-refractivity contribution in [1.29, 1.82) is 0 Å². The second kappa shape index (κ2) is 6.38. The summed E-state index contributed by atoms with van der Waals surface area (Å²) >= 11 is 0. The van der Waals surface area contributed by atoms with Gasteiger partial charge < -0.3 is 15.3 Å². The topological polar surface area (TPSA) is 35.5 Å². The molecule has 1 fully saturated rings. The largest absolute Gasteiger partial charge is 0.392 e. The van der Waals surface area contributed by atoms with Gasteiger partial charge in [0.05, 0.1) is 6.10 Å². The van der Waals surface area contributed by atoms with E-state index in [4.69, 9.17) is 0 Å². The van der Waals surface area contributed by atoms with Crippen molar-refractivity contribution in [3.8, 4) is 0 Å². The van der Waals surface area contributed by atoms with Crippen LogP contribution in [0.4, 0.5) is 0 Å². The maximum absolute atomic E-state index is 9.18. The Bertz CT molecular complexity index is 150. The highest BCUT2D eigenvalue weighted by Gasteiger charge is 2.15. The normalized spacial score (nSPS) is 27.2. The zero-order valence-corrected chi connectivity index (χ0v) is 9.50. The van der Waals surface area contributed by atoms with Crippen molar-refractivity contribution >= 4 is 0 Å². The smallest absolute Gasteiger partial charge is 0.0636 e. The van der Waals surface area contributed by atoms with Crippen LogP contribution < -0.4 is 5.32 Å². The predicted octanol–water partition coefficient (Wildman–Crippen LogP) is 0.831. The zero-order chi connectivity index (χ0) is 10.4. The van der Waals surface area contributed by atoms with Crippen molar-refractivity contribution in [2.75, 3.05) is 26.2 Å². The number of hydrogen-bond donors (Lipinski definition) is 2. The van der Waals surface area contributed by atoms with Gasteiger partial charge in [-0.1, -0.05) is 6.92 Å². The molecule has 0 bridgehead atoms. The minimum Gasteiger partial charge on any atom is -0.392 e. The molecule has 0 aromatic heterocycles. The van der Waals surface area contributed by atoms with Crippen molar-refractivity contribution in [3.63, 3.8) is 0 Å². The van der Waals surface area contributed by atoms with Gasteiger partial charge in [-0.2, -0.15) is 0 Å². The first-order valence-corrected chi connectivity index (χ1v) is 5.86. The fraction of sp³-hybridized carbons (Fsp3) is 1.00. The van der Waals surface area contributed by atoms with Crippen LogP contribution in [-0.2, 0) is 0 Å². The number of nitrogens with one attached hydrogen (secondary N) is 1. The summed E-state index contributed by atoms with van der Waals surface area (Å²) < 4.78 is 0. The molecule has 1 heterocycles. The van der Waals surface area contributed by atoms with Crippen LogP contribution in [0.1, 0.15) is 33.1 Å². The summed E-state index contributed by atoms with van der Waals surface area (Å²) in [6.07, 6.45) is 3.54. The van der Waals surface area contributed by atoms with E-state index < -0.39 is 0 Å². The van der Waals surface area contributed by atoms with E-state index in [-0.39, 0.29) is 6.10 Å². The molecule has 0 spiro atoms. The van der Waals surface area contributed by atoms with Crippen LogP contribution in [0.5, 0.6) is 0 Å². The molecule has 0 amide bonds. The minimum absolute atomic E-state index is 0.222. The van der Waals surface area contributed by atoms with E-state index in [1.807, 2.05) is 6.92 Å². The quantitative estimate of drug-likeness (QED) is 0.705. The molecule has 1 rings (SSSR count). The Morgan fingerprint density at radius 1 is 1.43 bits per heavy atom. The Balaban J connectivity index is 2.20. The second-order valence-electron chi connectivity index (χ2n) is 4.32. The summed E-state index contributed by atoms with van der Waals surface area (Å²) in [4.78, 5) is 2.50. The maximum Gasteiger partial charge on any atom is 0.0636 e. The Hall–Kier alpha value is -0.120. The Morgan fingerprint density at radius 3 is 2.86 bits per heavy atom. The molecule has 84 valence electrons. The molecular weight excluding hydrogens is 176 g/mol. The lowest BCUT2D eigenvalue weighted by molar-refractivity contribution is 0.184. The van der Waals surface area contributed by atoms with Crippen LogP contribution in [0.2, 0.25) is 0 Å². The SMILES string of the molecule is CCN1CCCC(NCC(C)O)CC1. The fourth-order valence-corrected chi connectivity index (χ4v) is 2.01. The van der Waals surface area contributed by atoms with Crippen LogP contribution in [-0.4, -0.2) is 48.3 Å². The Kier molecular flexibility index (Phi) is 5.45. The summed E-state index contributed by atoms with van der Waals surface area (Å²) in [6, 6.07) is 0.612. The first-order chi connectivity index (χ1) is 6.72. The average Bonchev–Trinajstić information content (AvgIpc) is 2.39. The summed E-state index contributed by atoms with van der Waals surface area (Å²) in [5.41, 5.74) is 0. The molecule has 1 aliphatic heterocycles. The van der Waals surface area contributed by atoms with E-state index >= 15 is 0 Å². The fourth-order valence-electron chi connectivity index (χ4n) is 2.01. The van der Waals surface area contributed by atoms with E-state index in [1.165, 1.54) is 38.9 Å². The van der Waals surface area contributed by atoms with Gasteiger partial charge in [0.2, 0.25) is 0 Å². The predicted molar refractivity (Wildman–Crippen MR) is 59.4 cm³/mol. The number of nitrogens with zero attached hydrogens (tertiary/aromatic N) is 1. The molecular formula is C11H24N2O. The van der Waals surface area contributed by atoms with E-state index in [0.29, 0.717) is 6.04 Å². The monoisotopic (exact) mass is 200 g/mol. The van der Waals surface area contributed by atoms with Gasteiger partial charge in [-0.25, -0.2) is 0 Å². The third kappa shape index (κ3) is 4.40. The summed E-state index contributed by atoms with van der Waals surface area (Å²) in [6.45, 7) is 8.41. The van der Waals surface area contributed by atoms with Crippen molar-refractivity contribution in [2.24, 2.45) is 0 Å². The van der Waals surface area contributed by atoms with Gasteiger partial charge in [0.1, 0.15) is 0 Å². The summed E-state index contributed by atoms with van der Waals surface area (Å²) in [5.74, 6) is 0. The van der Waals surface area contributed by atoms with Gasteiger partial charge in [0.15, 0.2) is 0 Å². The third-order valence-corrected chi connectivity index (χ3v) is 2.97. The average molecular weight is 200 g/mol. The number of likely N-dealkylation sites (tertiary alicyclic amines) is 1. The van der Waals surface area contributed by atoms with E-state index in [9.17, 15) is 5.11 Å². The van der Waals surface area contributed by atoms with Gasteiger partial charge in [-0.05, 0) is 45.8 Å². The van der Waals surface area contributed by atoms with Crippen LogP contribution in [0.25, 0.3) is 0 Å². The number of rotatable bonds is 4. The van der Waals surface area contributed by atoms with Crippen molar-refractivity contribution in [3.05, 3.63) is 0 Å². The van der Waals surface area contributed by atoms with Crippen LogP contribution >= 0.6 is 0 Å². The number of hydrogen-bond acceptors (Lipinski definition) is 3. The lowest BCUT2D eigenvalue weighted by Gasteiger charge is -2.18. The van der Waals surface area contributed by atoms with E-state index in [1.54, 1.807) is 0 Å². The molecule has 3 nitrogen and oxygen atoms in total.